The quantitative estimate of drug-likeness (QED) is 0.0598. The van der Waals surface area contributed by atoms with E-state index < -0.39 is 23.6 Å². The molecule has 0 bridgehead atoms. The van der Waals surface area contributed by atoms with Crippen molar-refractivity contribution in [1.29, 1.82) is 0 Å². The summed E-state index contributed by atoms with van der Waals surface area (Å²) in [5, 5.41) is 0. The Morgan fingerprint density at radius 1 is 0.750 bits per heavy atom. The predicted molar refractivity (Wildman–Crippen MR) is 156 cm³/mol. The molecule has 5 nitrogen and oxygen atoms in total. The van der Waals surface area contributed by atoms with Crippen molar-refractivity contribution in [2.75, 3.05) is 20.3 Å². The van der Waals surface area contributed by atoms with Crippen LogP contribution in [-0.2, 0) is 24.6 Å². The molecule has 0 amide bonds. The van der Waals surface area contributed by atoms with Gasteiger partial charge in [-0.1, -0.05) is 127 Å². The summed E-state index contributed by atoms with van der Waals surface area (Å²) < 4.78 is 18.1. The standard InChI is InChI=1S/C35H34O5/c1-3-24-39-31(25-32(34(37)38-2)33(36)27-16-8-4-9-17-27)26-40-35(28-18-10-5-11-19-28,29-20-12-6-13-21-29)30-22-14-7-15-23-30/h3-23,31-32H,1,24-26H2,2H3. The Morgan fingerprint density at radius 2 is 1.20 bits per heavy atom. The normalized spacial score (nSPS) is 12.7. The zero-order valence-corrected chi connectivity index (χ0v) is 22.6. The molecule has 204 valence electrons. The summed E-state index contributed by atoms with van der Waals surface area (Å²) in [6.07, 6.45) is 1.12. The molecule has 5 heteroatoms. The summed E-state index contributed by atoms with van der Waals surface area (Å²) in [5.41, 5.74) is 2.30. The molecule has 4 rings (SSSR count). The molecule has 0 aliphatic carbocycles. The minimum Gasteiger partial charge on any atom is -0.468 e. The Kier molecular flexibility index (Phi) is 10.2. The summed E-state index contributed by atoms with van der Waals surface area (Å²) in [5.74, 6) is -1.98. The van der Waals surface area contributed by atoms with Gasteiger partial charge in [0.05, 0.1) is 26.4 Å². The zero-order valence-electron chi connectivity index (χ0n) is 22.6. The average Bonchev–Trinajstić information content (AvgIpc) is 3.03. The molecule has 2 unspecified atom stereocenters. The highest BCUT2D eigenvalue weighted by molar-refractivity contribution is 6.08. The molecule has 0 N–H and O–H groups in total. The minimum absolute atomic E-state index is 0.0860. The fraction of sp³-hybridized carbons (Fsp3) is 0.200. The van der Waals surface area contributed by atoms with Gasteiger partial charge in [0.25, 0.3) is 0 Å². The Morgan fingerprint density at radius 3 is 1.62 bits per heavy atom. The summed E-state index contributed by atoms with van der Waals surface area (Å²) in [4.78, 5) is 26.2. The van der Waals surface area contributed by atoms with Crippen LogP contribution in [0, 0.1) is 5.92 Å². The van der Waals surface area contributed by atoms with E-state index >= 15 is 0 Å². The van der Waals surface area contributed by atoms with E-state index in [1.165, 1.54) is 7.11 Å². The van der Waals surface area contributed by atoms with E-state index in [0.29, 0.717) is 5.56 Å². The van der Waals surface area contributed by atoms with E-state index in [0.717, 1.165) is 16.7 Å². The number of hydrogen-bond donors (Lipinski definition) is 0. The Balaban J connectivity index is 1.73. The SMILES string of the molecule is C=CCOC(COC(c1ccccc1)(c1ccccc1)c1ccccc1)CC(C(=O)OC)C(=O)c1ccccc1. The van der Waals surface area contributed by atoms with Gasteiger partial charge in [0.2, 0.25) is 0 Å². The van der Waals surface area contributed by atoms with Crippen molar-refractivity contribution < 1.29 is 23.8 Å². The van der Waals surface area contributed by atoms with Gasteiger partial charge in [0.15, 0.2) is 5.78 Å². The highest BCUT2D eigenvalue weighted by Crippen LogP contribution is 2.40. The van der Waals surface area contributed by atoms with E-state index in [1.54, 1.807) is 30.3 Å². The van der Waals surface area contributed by atoms with Gasteiger partial charge in [0, 0.05) is 5.56 Å². The third-order valence-corrected chi connectivity index (χ3v) is 6.84. The van der Waals surface area contributed by atoms with Gasteiger partial charge < -0.3 is 14.2 Å². The lowest BCUT2D eigenvalue weighted by Crippen LogP contribution is -2.38. The number of rotatable bonds is 14. The molecule has 2 atom stereocenters. The van der Waals surface area contributed by atoms with E-state index in [1.807, 2.05) is 97.1 Å². The maximum absolute atomic E-state index is 13.4. The van der Waals surface area contributed by atoms with E-state index in [4.69, 9.17) is 14.2 Å². The van der Waals surface area contributed by atoms with Crippen LogP contribution in [-0.4, -0.2) is 38.2 Å². The van der Waals surface area contributed by atoms with Crippen LogP contribution in [0.5, 0.6) is 0 Å². The molecule has 0 heterocycles. The smallest absolute Gasteiger partial charge is 0.316 e. The van der Waals surface area contributed by atoms with Crippen LogP contribution in [0.1, 0.15) is 33.5 Å². The molecule has 0 spiro atoms. The van der Waals surface area contributed by atoms with Crippen molar-refractivity contribution in [3.8, 4) is 0 Å². The van der Waals surface area contributed by atoms with Gasteiger partial charge in [-0.25, -0.2) is 0 Å². The van der Waals surface area contributed by atoms with Crippen LogP contribution < -0.4 is 0 Å². The second-order valence-corrected chi connectivity index (χ2v) is 9.38. The topological polar surface area (TPSA) is 61.8 Å². The molecular weight excluding hydrogens is 500 g/mol. The first-order chi connectivity index (χ1) is 19.6. The van der Waals surface area contributed by atoms with Crippen molar-refractivity contribution in [3.63, 3.8) is 0 Å². The van der Waals surface area contributed by atoms with Gasteiger partial charge in [-0.15, -0.1) is 6.58 Å². The predicted octanol–water partition coefficient (Wildman–Crippen LogP) is 6.63. The first kappa shape index (κ1) is 28.7. The lowest BCUT2D eigenvalue weighted by molar-refractivity contribution is -0.145. The number of hydrogen-bond acceptors (Lipinski definition) is 5. The minimum atomic E-state index is -1.05. The Bertz CT molecular complexity index is 1260. The molecule has 0 fully saturated rings. The molecule has 4 aromatic carbocycles. The first-order valence-corrected chi connectivity index (χ1v) is 13.3. The largest absolute Gasteiger partial charge is 0.468 e. The summed E-state index contributed by atoms with van der Waals surface area (Å²) in [6.45, 7) is 4.10. The fourth-order valence-corrected chi connectivity index (χ4v) is 4.89. The monoisotopic (exact) mass is 534 g/mol. The second-order valence-electron chi connectivity index (χ2n) is 9.38. The number of methoxy groups -OCH3 is 1. The number of esters is 1. The number of carbonyl (C=O) groups excluding carboxylic acids is 2. The van der Waals surface area contributed by atoms with Crippen molar-refractivity contribution in [1.82, 2.24) is 0 Å². The van der Waals surface area contributed by atoms with Gasteiger partial charge >= 0.3 is 5.97 Å². The molecule has 0 aliphatic rings. The molecule has 0 saturated heterocycles. The number of ether oxygens (including phenoxy) is 3. The van der Waals surface area contributed by atoms with Crippen molar-refractivity contribution in [2.24, 2.45) is 5.92 Å². The van der Waals surface area contributed by atoms with Gasteiger partial charge in [-0.3, -0.25) is 9.59 Å². The first-order valence-electron chi connectivity index (χ1n) is 13.3. The van der Waals surface area contributed by atoms with Gasteiger partial charge in [0.1, 0.15) is 11.5 Å². The number of Topliss-reactive ketones (excluding diaryl/α,β-unsaturated/α-hetero) is 1. The fourth-order valence-electron chi connectivity index (χ4n) is 4.89. The van der Waals surface area contributed by atoms with Crippen LogP contribution in [0.2, 0.25) is 0 Å². The number of benzene rings is 4. The lowest BCUT2D eigenvalue weighted by atomic mass is 9.80. The van der Waals surface area contributed by atoms with Crippen LogP contribution in [0.4, 0.5) is 0 Å². The molecular formula is C35H34O5. The maximum Gasteiger partial charge on any atom is 0.316 e. The maximum atomic E-state index is 13.4. The van der Waals surface area contributed by atoms with Crippen molar-refractivity contribution in [2.45, 2.75) is 18.1 Å². The van der Waals surface area contributed by atoms with Crippen molar-refractivity contribution in [3.05, 3.63) is 156 Å². The summed E-state index contributed by atoms with van der Waals surface area (Å²) >= 11 is 0. The number of ketones is 1. The van der Waals surface area contributed by atoms with Crippen LogP contribution >= 0.6 is 0 Å². The lowest BCUT2D eigenvalue weighted by Gasteiger charge is -2.37. The summed E-state index contributed by atoms with van der Waals surface area (Å²) in [7, 11) is 1.29. The molecule has 0 aliphatic heterocycles. The highest BCUT2D eigenvalue weighted by Gasteiger charge is 2.39. The molecule has 40 heavy (non-hydrogen) atoms. The van der Waals surface area contributed by atoms with E-state index in [9.17, 15) is 9.59 Å². The summed E-state index contributed by atoms with van der Waals surface area (Å²) in [6, 6.07) is 38.8. The molecule has 0 aromatic heterocycles. The zero-order chi connectivity index (χ0) is 28.2. The van der Waals surface area contributed by atoms with E-state index in [2.05, 4.69) is 6.58 Å². The van der Waals surface area contributed by atoms with Gasteiger partial charge in [-0.05, 0) is 23.1 Å². The Hall–Kier alpha value is -4.32. The van der Waals surface area contributed by atoms with E-state index in [-0.39, 0.29) is 25.4 Å². The molecule has 0 saturated carbocycles. The Labute approximate surface area is 236 Å². The highest BCUT2D eigenvalue weighted by atomic mass is 16.5. The van der Waals surface area contributed by atoms with Gasteiger partial charge in [-0.2, -0.15) is 0 Å². The van der Waals surface area contributed by atoms with Crippen LogP contribution in [0.15, 0.2) is 134 Å². The second kappa shape index (κ2) is 14.2. The van der Waals surface area contributed by atoms with Crippen LogP contribution in [0.25, 0.3) is 0 Å². The third-order valence-electron chi connectivity index (χ3n) is 6.84. The molecule has 4 aromatic rings. The average molecular weight is 535 g/mol. The number of carbonyl (C=O) groups is 2. The van der Waals surface area contributed by atoms with Crippen molar-refractivity contribution >= 4 is 11.8 Å². The van der Waals surface area contributed by atoms with Crippen LogP contribution in [0.3, 0.4) is 0 Å². The third kappa shape index (κ3) is 6.63. The molecule has 0 radical (unpaired) electrons.